The Morgan fingerprint density at radius 3 is 2.52 bits per heavy atom. The van der Waals surface area contributed by atoms with Crippen LogP contribution in [0.3, 0.4) is 0 Å². The van der Waals surface area contributed by atoms with Gasteiger partial charge in [-0.05, 0) is 35.9 Å². The number of nitrogens with zero attached hydrogens (tertiary/aromatic N) is 1. The number of nitro groups is 1. The Morgan fingerprint density at radius 1 is 1.03 bits per heavy atom. The molecule has 3 rings (SSSR count). The number of furan rings is 1. The molecule has 0 radical (unpaired) electrons. The molecule has 146 valence electrons. The zero-order valence-electron chi connectivity index (χ0n) is 15.2. The Bertz CT molecular complexity index is 1040. The molecule has 8 nitrogen and oxygen atoms in total. The minimum absolute atomic E-state index is 0.0501. The number of carbonyl (C=O) groups is 2. The van der Waals surface area contributed by atoms with E-state index in [1.807, 2.05) is 0 Å². The second kappa shape index (κ2) is 9.14. The van der Waals surface area contributed by atoms with E-state index in [0.717, 1.165) is 0 Å². The molecule has 2 amide bonds. The van der Waals surface area contributed by atoms with Gasteiger partial charge in [0.1, 0.15) is 11.5 Å². The van der Waals surface area contributed by atoms with Crippen molar-refractivity contribution >= 4 is 23.6 Å². The highest BCUT2D eigenvalue weighted by atomic mass is 16.6. The number of nitrogens with one attached hydrogen (secondary N) is 2. The molecule has 2 N–H and O–H groups in total. The van der Waals surface area contributed by atoms with Gasteiger partial charge in [-0.1, -0.05) is 30.3 Å². The molecule has 0 atom stereocenters. The Labute approximate surface area is 166 Å². The van der Waals surface area contributed by atoms with Gasteiger partial charge in [-0.15, -0.1) is 0 Å². The third-order valence-electron chi connectivity index (χ3n) is 3.92. The summed E-state index contributed by atoms with van der Waals surface area (Å²) in [5.41, 5.74) is 0.598. The summed E-state index contributed by atoms with van der Waals surface area (Å²) >= 11 is 0. The Morgan fingerprint density at radius 2 is 1.83 bits per heavy atom. The van der Waals surface area contributed by atoms with Crippen molar-refractivity contribution in [2.24, 2.45) is 0 Å². The van der Waals surface area contributed by atoms with Crippen molar-refractivity contribution in [2.45, 2.75) is 6.54 Å². The minimum Gasteiger partial charge on any atom is -0.467 e. The summed E-state index contributed by atoms with van der Waals surface area (Å²) in [5, 5.41) is 16.2. The largest absolute Gasteiger partial charge is 0.467 e. The maximum atomic E-state index is 12.7. The maximum Gasteiger partial charge on any atom is 0.270 e. The van der Waals surface area contributed by atoms with Gasteiger partial charge in [-0.25, -0.2) is 0 Å². The molecule has 0 bridgehead atoms. The quantitative estimate of drug-likeness (QED) is 0.364. The van der Waals surface area contributed by atoms with Gasteiger partial charge in [0.2, 0.25) is 0 Å². The van der Waals surface area contributed by atoms with Gasteiger partial charge in [-0.3, -0.25) is 19.7 Å². The fourth-order valence-corrected chi connectivity index (χ4v) is 2.51. The predicted octanol–water partition coefficient (Wildman–Crippen LogP) is 3.28. The highest BCUT2D eigenvalue weighted by Gasteiger charge is 2.15. The van der Waals surface area contributed by atoms with Crippen LogP contribution < -0.4 is 10.6 Å². The fraction of sp³-hybridized carbons (Fsp3) is 0.0476. The van der Waals surface area contributed by atoms with Crippen LogP contribution in [0.5, 0.6) is 0 Å². The molecule has 0 aliphatic rings. The molecular formula is C21H17N3O5. The van der Waals surface area contributed by atoms with Crippen molar-refractivity contribution in [3.05, 3.63) is 106 Å². The zero-order chi connectivity index (χ0) is 20.6. The number of rotatable bonds is 7. The molecular weight excluding hydrogens is 374 g/mol. The summed E-state index contributed by atoms with van der Waals surface area (Å²) in [5.74, 6) is -0.491. The molecule has 1 heterocycles. The van der Waals surface area contributed by atoms with E-state index in [1.54, 1.807) is 48.5 Å². The zero-order valence-corrected chi connectivity index (χ0v) is 15.2. The van der Waals surface area contributed by atoms with E-state index >= 15 is 0 Å². The molecule has 1 aromatic heterocycles. The van der Waals surface area contributed by atoms with Gasteiger partial charge in [0, 0.05) is 17.7 Å². The smallest absolute Gasteiger partial charge is 0.270 e. The lowest BCUT2D eigenvalue weighted by Crippen LogP contribution is -2.34. The Balaban J connectivity index is 1.85. The van der Waals surface area contributed by atoms with Crippen molar-refractivity contribution in [3.63, 3.8) is 0 Å². The molecule has 0 saturated heterocycles. The second-order valence-electron chi connectivity index (χ2n) is 5.99. The highest BCUT2D eigenvalue weighted by molar-refractivity contribution is 6.05. The molecule has 0 unspecified atom stereocenters. The molecule has 29 heavy (non-hydrogen) atoms. The monoisotopic (exact) mass is 391 g/mol. The Kier molecular flexibility index (Phi) is 6.16. The van der Waals surface area contributed by atoms with E-state index in [1.165, 1.54) is 30.5 Å². The molecule has 3 aromatic rings. The number of nitro benzene ring substituents is 1. The van der Waals surface area contributed by atoms with E-state index in [-0.39, 0.29) is 17.9 Å². The molecule has 0 saturated carbocycles. The van der Waals surface area contributed by atoms with Crippen molar-refractivity contribution in [1.82, 2.24) is 10.6 Å². The van der Waals surface area contributed by atoms with Crippen molar-refractivity contribution in [1.29, 1.82) is 0 Å². The topological polar surface area (TPSA) is 114 Å². The first-order valence-electron chi connectivity index (χ1n) is 8.66. The Hall–Kier alpha value is -4.20. The van der Waals surface area contributed by atoms with Crippen LogP contribution in [-0.4, -0.2) is 16.7 Å². The van der Waals surface area contributed by atoms with Crippen LogP contribution in [0.2, 0.25) is 0 Å². The van der Waals surface area contributed by atoms with E-state index in [9.17, 15) is 19.7 Å². The molecule has 0 aliphatic carbocycles. The number of amides is 2. The maximum absolute atomic E-state index is 12.7. The van der Waals surface area contributed by atoms with E-state index in [2.05, 4.69) is 10.6 Å². The predicted molar refractivity (Wildman–Crippen MR) is 106 cm³/mol. The number of hydrogen-bond acceptors (Lipinski definition) is 5. The van der Waals surface area contributed by atoms with Gasteiger partial charge in [-0.2, -0.15) is 0 Å². The normalized spacial score (nSPS) is 11.0. The first kappa shape index (κ1) is 19.6. The third kappa shape index (κ3) is 5.39. The number of benzene rings is 2. The minimum atomic E-state index is -0.558. The first-order valence-corrected chi connectivity index (χ1v) is 8.66. The highest BCUT2D eigenvalue weighted by Crippen LogP contribution is 2.16. The number of carbonyl (C=O) groups excluding carboxylic acids is 2. The molecule has 0 aliphatic heterocycles. The van der Waals surface area contributed by atoms with Crippen LogP contribution in [0.1, 0.15) is 21.7 Å². The van der Waals surface area contributed by atoms with Crippen LogP contribution in [0, 0.1) is 10.1 Å². The molecule has 0 spiro atoms. The van der Waals surface area contributed by atoms with Gasteiger partial charge < -0.3 is 15.1 Å². The van der Waals surface area contributed by atoms with Crippen LogP contribution >= 0.6 is 0 Å². The fourth-order valence-electron chi connectivity index (χ4n) is 2.51. The van der Waals surface area contributed by atoms with Crippen molar-refractivity contribution < 1.29 is 18.9 Å². The van der Waals surface area contributed by atoms with Crippen LogP contribution in [0.4, 0.5) is 5.69 Å². The second-order valence-corrected chi connectivity index (χ2v) is 5.99. The van der Waals surface area contributed by atoms with Crippen LogP contribution in [0.25, 0.3) is 6.08 Å². The van der Waals surface area contributed by atoms with Gasteiger partial charge in [0.25, 0.3) is 17.5 Å². The number of hydrogen-bond donors (Lipinski definition) is 2. The summed E-state index contributed by atoms with van der Waals surface area (Å²) in [6, 6.07) is 17.6. The molecule has 8 heteroatoms. The lowest BCUT2D eigenvalue weighted by Gasteiger charge is -2.11. The van der Waals surface area contributed by atoms with Gasteiger partial charge in [0.15, 0.2) is 0 Å². The van der Waals surface area contributed by atoms with E-state index in [4.69, 9.17) is 4.42 Å². The SMILES string of the molecule is O=C(NCc1ccco1)C(=Cc1cccc([N+](=O)[O-])c1)NC(=O)c1ccccc1. The van der Waals surface area contributed by atoms with Gasteiger partial charge in [0.05, 0.1) is 17.7 Å². The number of non-ortho nitro benzene ring substituents is 1. The summed E-state index contributed by atoms with van der Waals surface area (Å²) < 4.78 is 5.18. The molecule has 2 aromatic carbocycles. The standard InChI is InChI=1S/C21H17N3O5/c25-20(16-7-2-1-3-8-16)23-19(21(26)22-14-18-10-5-11-29-18)13-15-6-4-9-17(12-15)24(27)28/h1-13H,14H2,(H,22,26)(H,23,25). The van der Waals surface area contributed by atoms with Crippen LogP contribution in [-0.2, 0) is 11.3 Å². The average Bonchev–Trinajstić information content (AvgIpc) is 3.26. The third-order valence-corrected chi connectivity index (χ3v) is 3.92. The summed E-state index contributed by atoms with van der Waals surface area (Å²) in [4.78, 5) is 35.6. The summed E-state index contributed by atoms with van der Waals surface area (Å²) in [6.45, 7) is 0.124. The summed E-state index contributed by atoms with van der Waals surface area (Å²) in [7, 11) is 0. The van der Waals surface area contributed by atoms with E-state index in [0.29, 0.717) is 16.9 Å². The van der Waals surface area contributed by atoms with E-state index < -0.39 is 16.7 Å². The van der Waals surface area contributed by atoms with Crippen LogP contribution in [0.15, 0.2) is 83.1 Å². The van der Waals surface area contributed by atoms with Gasteiger partial charge >= 0.3 is 0 Å². The lowest BCUT2D eigenvalue weighted by atomic mass is 10.1. The summed E-state index contributed by atoms with van der Waals surface area (Å²) in [6.07, 6.45) is 2.86. The lowest BCUT2D eigenvalue weighted by molar-refractivity contribution is -0.384. The average molecular weight is 391 g/mol. The van der Waals surface area contributed by atoms with Crippen molar-refractivity contribution in [2.75, 3.05) is 0 Å². The van der Waals surface area contributed by atoms with Crippen molar-refractivity contribution in [3.8, 4) is 0 Å². The first-order chi connectivity index (χ1) is 14.0. The molecule has 0 fully saturated rings.